The molecule has 0 aliphatic carbocycles. The van der Waals surface area contributed by atoms with Gasteiger partial charge in [0.15, 0.2) is 0 Å². The van der Waals surface area contributed by atoms with Gasteiger partial charge in [-0.2, -0.15) is 0 Å². The molecule has 4 heteroatoms. The molecule has 0 saturated heterocycles. The lowest BCUT2D eigenvalue weighted by Crippen LogP contribution is -1.88. The van der Waals surface area contributed by atoms with Crippen LogP contribution in [0, 0.1) is 0 Å². The topological polar surface area (TPSA) is 26.3 Å². The molecular formula is C15H12O2S2. The second-order valence-corrected chi connectivity index (χ2v) is 4.70. The molecule has 2 rings (SSSR count). The van der Waals surface area contributed by atoms with Gasteiger partial charge in [-0.1, -0.05) is 42.5 Å². The SMILES string of the molecule is O=COc1ccc(C(S)=C(S)c2ccccc2)cc1. The summed E-state index contributed by atoms with van der Waals surface area (Å²) >= 11 is 9.01. The quantitative estimate of drug-likeness (QED) is 0.507. The van der Waals surface area contributed by atoms with Crippen LogP contribution < -0.4 is 4.74 Å². The Morgan fingerprint density at radius 1 is 0.842 bits per heavy atom. The van der Waals surface area contributed by atoms with Crippen LogP contribution in [0.25, 0.3) is 9.81 Å². The van der Waals surface area contributed by atoms with Crippen LogP contribution in [0.5, 0.6) is 5.75 Å². The maximum absolute atomic E-state index is 10.2. The van der Waals surface area contributed by atoms with Gasteiger partial charge in [0.05, 0.1) is 0 Å². The molecule has 0 amide bonds. The van der Waals surface area contributed by atoms with Gasteiger partial charge in [0.1, 0.15) is 5.75 Å². The standard InChI is InChI=1S/C15H12O2S2/c16-10-17-13-8-6-12(7-9-13)15(19)14(18)11-4-2-1-3-5-11/h1-10,18-19H. The van der Waals surface area contributed by atoms with E-state index in [1.165, 1.54) is 0 Å². The summed E-state index contributed by atoms with van der Waals surface area (Å²) in [7, 11) is 0. The first-order valence-electron chi connectivity index (χ1n) is 5.60. The molecule has 0 aliphatic rings. The van der Waals surface area contributed by atoms with Crippen molar-refractivity contribution in [1.29, 1.82) is 0 Å². The Balaban J connectivity index is 2.32. The number of rotatable bonds is 4. The second-order valence-electron chi connectivity index (χ2n) is 3.80. The summed E-state index contributed by atoms with van der Waals surface area (Å²) in [6.07, 6.45) is 0. The van der Waals surface area contributed by atoms with Crippen molar-refractivity contribution in [3.05, 3.63) is 65.7 Å². The molecule has 96 valence electrons. The zero-order chi connectivity index (χ0) is 13.7. The molecule has 0 bridgehead atoms. The fourth-order valence-electron chi connectivity index (χ4n) is 1.62. The van der Waals surface area contributed by atoms with Gasteiger partial charge >= 0.3 is 0 Å². The highest BCUT2D eigenvalue weighted by Crippen LogP contribution is 2.32. The van der Waals surface area contributed by atoms with Crippen LogP contribution in [-0.4, -0.2) is 6.47 Å². The van der Waals surface area contributed by atoms with Gasteiger partial charge in [0.2, 0.25) is 0 Å². The van der Waals surface area contributed by atoms with E-state index in [2.05, 4.69) is 25.3 Å². The Labute approximate surface area is 122 Å². The average molecular weight is 288 g/mol. The molecule has 2 aromatic rings. The van der Waals surface area contributed by atoms with Gasteiger partial charge in [-0.3, -0.25) is 4.79 Å². The molecule has 2 aromatic carbocycles. The Hall–Kier alpha value is -1.65. The van der Waals surface area contributed by atoms with Crippen molar-refractivity contribution in [3.8, 4) is 5.75 Å². The Morgan fingerprint density at radius 3 is 1.89 bits per heavy atom. The second kappa shape index (κ2) is 6.50. The van der Waals surface area contributed by atoms with Crippen LogP contribution in [0.1, 0.15) is 11.1 Å². The fraction of sp³-hybridized carbons (Fsp3) is 0. The summed E-state index contributed by atoms with van der Waals surface area (Å²) in [6.45, 7) is 0.403. The summed E-state index contributed by atoms with van der Waals surface area (Å²) < 4.78 is 4.75. The zero-order valence-electron chi connectivity index (χ0n) is 9.98. The number of hydrogen-bond donors (Lipinski definition) is 2. The average Bonchev–Trinajstić information content (AvgIpc) is 2.48. The molecule has 0 spiro atoms. The van der Waals surface area contributed by atoms with E-state index in [1.54, 1.807) is 12.1 Å². The highest BCUT2D eigenvalue weighted by atomic mass is 32.1. The predicted molar refractivity (Wildman–Crippen MR) is 84.4 cm³/mol. The van der Waals surface area contributed by atoms with Gasteiger partial charge in [0, 0.05) is 9.81 Å². The minimum Gasteiger partial charge on any atom is -0.429 e. The molecule has 0 unspecified atom stereocenters. The van der Waals surface area contributed by atoms with Crippen LogP contribution >= 0.6 is 25.3 Å². The Bertz CT molecular complexity index is 589. The van der Waals surface area contributed by atoms with Gasteiger partial charge in [-0.05, 0) is 23.3 Å². The molecule has 0 saturated carbocycles. The number of hydrogen-bond acceptors (Lipinski definition) is 4. The molecule has 2 nitrogen and oxygen atoms in total. The van der Waals surface area contributed by atoms with Crippen LogP contribution in [0.15, 0.2) is 54.6 Å². The van der Waals surface area contributed by atoms with E-state index in [0.29, 0.717) is 12.2 Å². The van der Waals surface area contributed by atoms with E-state index in [1.807, 2.05) is 42.5 Å². The minimum atomic E-state index is 0.403. The molecular weight excluding hydrogens is 276 g/mol. The van der Waals surface area contributed by atoms with Crippen molar-refractivity contribution >= 4 is 41.5 Å². The molecule has 0 fully saturated rings. The van der Waals surface area contributed by atoms with E-state index >= 15 is 0 Å². The van der Waals surface area contributed by atoms with Crippen molar-refractivity contribution < 1.29 is 9.53 Å². The summed E-state index contributed by atoms with van der Waals surface area (Å²) in [5.41, 5.74) is 1.92. The highest BCUT2D eigenvalue weighted by Gasteiger charge is 2.05. The van der Waals surface area contributed by atoms with Gasteiger partial charge in [-0.15, -0.1) is 25.3 Å². The van der Waals surface area contributed by atoms with Crippen LogP contribution in [0.4, 0.5) is 0 Å². The molecule has 0 heterocycles. The third kappa shape index (κ3) is 3.43. The third-order valence-corrected chi connectivity index (χ3v) is 3.72. The number of ether oxygens (including phenoxy) is 1. The van der Waals surface area contributed by atoms with Gasteiger partial charge in [-0.25, -0.2) is 0 Å². The van der Waals surface area contributed by atoms with Gasteiger partial charge in [0.25, 0.3) is 6.47 Å². The molecule has 0 aromatic heterocycles. The van der Waals surface area contributed by atoms with E-state index in [4.69, 9.17) is 4.74 Å². The number of thiol groups is 2. The largest absolute Gasteiger partial charge is 0.429 e. The number of carbonyl (C=O) groups excluding carboxylic acids is 1. The van der Waals surface area contributed by atoms with E-state index < -0.39 is 0 Å². The summed E-state index contributed by atoms with van der Waals surface area (Å²) in [6, 6.07) is 16.9. The van der Waals surface area contributed by atoms with Crippen molar-refractivity contribution in [2.45, 2.75) is 0 Å². The molecule has 0 radical (unpaired) electrons. The van der Waals surface area contributed by atoms with Crippen LogP contribution in [0.2, 0.25) is 0 Å². The third-order valence-electron chi connectivity index (χ3n) is 2.58. The van der Waals surface area contributed by atoms with Gasteiger partial charge < -0.3 is 4.74 Å². The number of carbonyl (C=O) groups is 1. The molecule has 0 aliphatic heterocycles. The zero-order valence-corrected chi connectivity index (χ0v) is 11.8. The Morgan fingerprint density at radius 2 is 1.37 bits per heavy atom. The smallest absolute Gasteiger partial charge is 0.298 e. The first kappa shape index (κ1) is 13.8. The maximum atomic E-state index is 10.2. The fourth-order valence-corrected chi connectivity index (χ4v) is 2.17. The van der Waals surface area contributed by atoms with E-state index in [-0.39, 0.29) is 0 Å². The summed E-state index contributed by atoms with van der Waals surface area (Å²) in [4.78, 5) is 11.8. The maximum Gasteiger partial charge on any atom is 0.298 e. The lowest BCUT2D eigenvalue weighted by atomic mass is 10.1. The molecule has 0 atom stereocenters. The lowest BCUT2D eigenvalue weighted by Gasteiger charge is -2.07. The van der Waals surface area contributed by atoms with Crippen molar-refractivity contribution in [2.75, 3.05) is 0 Å². The van der Waals surface area contributed by atoms with Crippen molar-refractivity contribution in [3.63, 3.8) is 0 Å². The number of benzene rings is 2. The Kier molecular flexibility index (Phi) is 4.71. The van der Waals surface area contributed by atoms with Crippen molar-refractivity contribution in [2.24, 2.45) is 0 Å². The first-order valence-corrected chi connectivity index (χ1v) is 6.50. The first-order chi connectivity index (χ1) is 9.22. The summed E-state index contributed by atoms with van der Waals surface area (Å²) in [5, 5.41) is 0. The molecule has 0 N–H and O–H groups in total. The minimum absolute atomic E-state index is 0.403. The molecule has 19 heavy (non-hydrogen) atoms. The van der Waals surface area contributed by atoms with Crippen LogP contribution in [-0.2, 0) is 4.79 Å². The van der Waals surface area contributed by atoms with Crippen LogP contribution in [0.3, 0.4) is 0 Å². The predicted octanol–water partition coefficient (Wildman–Crippen LogP) is 3.91. The highest BCUT2D eigenvalue weighted by molar-refractivity contribution is 7.96. The lowest BCUT2D eigenvalue weighted by molar-refractivity contribution is -0.120. The van der Waals surface area contributed by atoms with E-state index in [0.717, 1.165) is 20.9 Å². The summed E-state index contributed by atoms with van der Waals surface area (Å²) in [5.74, 6) is 0.500. The normalized spacial score (nSPS) is 11.7. The van der Waals surface area contributed by atoms with Crippen molar-refractivity contribution in [1.82, 2.24) is 0 Å². The van der Waals surface area contributed by atoms with E-state index in [9.17, 15) is 4.79 Å². The monoisotopic (exact) mass is 288 g/mol.